The number of anilines is 1. The number of nitrogens with two attached hydrogens (primary N) is 1. The molecule has 3 nitrogen and oxygen atoms in total. The first-order valence-corrected chi connectivity index (χ1v) is 6.81. The van der Waals surface area contributed by atoms with Crippen molar-refractivity contribution < 1.29 is 9.53 Å². The smallest absolute Gasteiger partial charge is 0.350 e. The molecule has 0 unspecified atom stereocenters. The van der Waals surface area contributed by atoms with E-state index in [1.807, 2.05) is 6.92 Å². The van der Waals surface area contributed by atoms with Crippen LogP contribution in [0.1, 0.15) is 26.4 Å². The van der Waals surface area contributed by atoms with Gasteiger partial charge in [0, 0.05) is 4.88 Å². The second-order valence-electron chi connectivity index (χ2n) is 4.67. The number of benzene rings is 1. The van der Waals surface area contributed by atoms with Crippen molar-refractivity contribution >= 4 is 23.0 Å². The van der Waals surface area contributed by atoms with E-state index in [4.69, 9.17) is 10.5 Å². The van der Waals surface area contributed by atoms with Crippen LogP contribution >= 0.6 is 11.3 Å². The minimum absolute atomic E-state index is 0.374. The molecule has 0 saturated heterocycles. The van der Waals surface area contributed by atoms with Crippen LogP contribution in [0.3, 0.4) is 0 Å². The Morgan fingerprint density at radius 1 is 1.16 bits per heavy atom. The average molecular weight is 275 g/mol. The van der Waals surface area contributed by atoms with Gasteiger partial charge in [-0.3, -0.25) is 0 Å². The van der Waals surface area contributed by atoms with Crippen LogP contribution < -0.4 is 5.73 Å². The number of carbonyl (C=O) groups is 1. The van der Waals surface area contributed by atoms with E-state index in [1.54, 1.807) is 0 Å². The minimum atomic E-state index is -0.374. The summed E-state index contributed by atoms with van der Waals surface area (Å²) in [6.07, 6.45) is 0. The van der Waals surface area contributed by atoms with E-state index >= 15 is 0 Å². The molecule has 0 aliphatic carbocycles. The van der Waals surface area contributed by atoms with Gasteiger partial charge in [-0.25, -0.2) is 4.79 Å². The number of aryl methyl sites for hydroxylation is 2. The van der Waals surface area contributed by atoms with Gasteiger partial charge in [-0.2, -0.15) is 0 Å². The van der Waals surface area contributed by atoms with Crippen LogP contribution in [0.4, 0.5) is 5.69 Å². The summed E-state index contributed by atoms with van der Waals surface area (Å²) in [5.74, 6) is -0.374. The molecule has 2 rings (SSSR count). The van der Waals surface area contributed by atoms with Crippen LogP contribution in [0.15, 0.2) is 18.2 Å². The van der Waals surface area contributed by atoms with E-state index in [2.05, 4.69) is 32.0 Å². The number of ether oxygens (including phenoxy) is 1. The van der Waals surface area contributed by atoms with Gasteiger partial charge < -0.3 is 10.5 Å². The third-order valence-corrected chi connectivity index (χ3v) is 4.38. The molecule has 19 heavy (non-hydrogen) atoms. The lowest BCUT2D eigenvalue weighted by molar-refractivity contribution is 0.0607. The summed E-state index contributed by atoms with van der Waals surface area (Å²) in [5.41, 5.74) is 11.0. The molecule has 0 atom stereocenters. The standard InChI is InChI=1S/C15H17NO2S/c1-8-5-9(2)7-11(6-8)13-10(3)12(16)14(19-13)15(17)18-4/h5-7H,16H2,1-4H3. The van der Waals surface area contributed by atoms with Gasteiger partial charge in [0.2, 0.25) is 0 Å². The lowest BCUT2D eigenvalue weighted by Crippen LogP contribution is -2.01. The number of methoxy groups -OCH3 is 1. The van der Waals surface area contributed by atoms with E-state index < -0.39 is 0 Å². The summed E-state index contributed by atoms with van der Waals surface area (Å²) >= 11 is 1.39. The van der Waals surface area contributed by atoms with Crippen molar-refractivity contribution in [1.82, 2.24) is 0 Å². The van der Waals surface area contributed by atoms with Crippen LogP contribution in [-0.4, -0.2) is 13.1 Å². The molecule has 2 N–H and O–H groups in total. The molecule has 0 aliphatic heterocycles. The highest BCUT2D eigenvalue weighted by molar-refractivity contribution is 7.18. The molecule has 2 aromatic rings. The van der Waals surface area contributed by atoms with Crippen LogP contribution in [0, 0.1) is 20.8 Å². The Labute approximate surface area is 117 Å². The average Bonchev–Trinajstić information content (AvgIpc) is 2.64. The molecule has 0 amide bonds. The fraction of sp³-hybridized carbons (Fsp3) is 0.267. The number of hydrogen-bond donors (Lipinski definition) is 1. The predicted octanol–water partition coefficient (Wildman–Crippen LogP) is 3.71. The molecule has 0 saturated carbocycles. The summed E-state index contributed by atoms with van der Waals surface area (Å²) in [7, 11) is 1.37. The van der Waals surface area contributed by atoms with Gasteiger partial charge in [0.05, 0.1) is 12.8 Å². The first kappa shape index (κ1) is 13.6. The van der Waals surface area contributed by atoms with Crippen molar-refractivity contribution in [2.75, 3.05) is 12.8 Å². The Bertz CT molecular complexity index is 624. The molecule has 0 aliphatic rings. The molecule has 0 radical (unpaired) electrons. The second kappa shape index (κ2) is 5.05. The SMILES string of the molecule is COC(=O)c1sc(-c2cc(C)cc(C)c2)c(C)c1N. The minimum Gasteiger partial charge on any atom is -0.465 e. The quantitative estimate of drug-likeness (QED) is 0.850. The van der Waals surface area contributed by atoms with Gasteiger partial charge in [0.15, 0.2) is 0 Å². The van der Waals surface area contributed by atoms with Crippen LogP contribution in [0.25, 0.3) is 10.4 Å². The molecule has 0 bridgehead atoms. The lowest BCUT2D eigenvalue weighted by atomic mass is 10.0. The molecule has 1 aromatic heterocycles. The van der Waals surface area contributed by atoms with Gasteiger partial charge in [-0.1, -0.05) is 29.3 Å². The second-order valence-corrected chi connectivity index (χ2v) is 5.69. The highest BCUT2D eigenvalue weighted by atomic mass is 32.1. The fourth-order valence-electron chi connectivity index (χ4n) is 2.15. The molecule has 4 heteroatoms. The highest BCUT2D eigenvalue weighted by Crippen LogP contribution is 2.38. The Morgan fingerprint density at radius 2 is 1.74 bits per heavy atom. The Balaban J connectivity index is 2.60. The summed E-state index contributed by atoms with van der Waals surface area (Å²) in [5, 5.41) is 0. The first-order chi connectivity index (χ1) is 8.93. The zero-order valence-electron chi connectivity index (χ0n) is 11.5. The van der Waals surface area contributed by atoms with Gasteiger partial charge >= 0.3 is 5.97 Å². The van der Waals surface area contributed by atoms with Crippen molar-refractivity contribution in [1.29, 1.82) is 0 Å². The van der Waals surface area contributed by atoms with Gasteiger partial charge in [0.1, 0.15) is 4.88 Å². The van der Waals surface area contributed by atoms with E-state index in [1.165, 1.54) is 29.6 Å². The van der Waals surface area contributed by atoms with Crippen molar-refractivity contribution in [3.63, 3.8) is 0 Å². The third-order valence-electron chi connectivity index (χ3n) is 3.05. The maximum atomic E-state index is 11.7. The van der Waals surface area contributed by atoms with Crippen molar-refractivity contribution in [3.05, 3.63) is 39.8 Å². The van der Waals surface area contributed by atoms with E-state index in [9.17, 15) is 4.79 Å². The van der Waals surface area contributed by atoms with E-state index in [0.29, 0.717) is 10.6 Å². The molecule has 0 fully saturated rings. The zero-order chi connectivity index (χ0) is 14.2. The lowest BCUT2D eigenvalue weighted by Gasteiger charge is -2.04. The van der Waals surface area contributed by atoms with Crippen molar-refractivity contribution in [2.45, 2.75) is 20.8 Å². The molecule has 1 heterocycles. The maximum Gasteiger partial charge on any atom is 0.350 e. The Morgan fingerprint density at radius 3 is 2.26 bits per heavy atom. The monoisotopic (exact) mass is 275 g/mol. The largest absolute Gasteiger partial charge is 0.465 e. The van der Waals surface area contributed by atoms with Gasteiger partial charge in [-0.05, 0) is 31.9 Å². The summed E-state index contributed by atoms with van der Waals surface area (Å²) < 4.78 is 4.76. The topological polar surface area (TPSA) is 52.3 Å². The summed E-state index contributed by atoms with van der Waals surface area (Å²) in [4.78, 5) is 13.2. The molecular weight excluding hydrogens is 258 g/mol. The molecule has 1 aromatic carbocycles. The number of nitrogen functional groups attached to an aromatic ring is 1. The zero-order valence-corrected chi connectivity index (χ0v) is 12.4. The number of rotatable bonds is 2. The molecular formula is C15H17NO2S. The number of carbonyl (C=O) groups excluding carboxylic acids is 1. The van der Waals surface area contributed by atoms with Crippen LogP contribution in [-0.2, 0) is 4.74 Å². The predicted molar refractivity (Wildman–Crippen MR) is 79.7 cm³/mol. The number of hydrogen-bond acceptors (Lipinski definition) is 4. The third kappa shape index (κ3) is 2.49. The van der Waals surface area contributed by atoms with Crippen LogP contribution in [0.2, 0.25) is 0 Å². The van der Waals surface area contributed by atoms with Crippen LogP contribution in [0.5, 0.6) is 0 Å². The fourth-order valence-corrected chi connectivity index (χ4v) is 3.28. The van der Waals surface area contributed by atoms with Gasteiger partial charge in [0.25, 0.3) is 0 Å². The molecule has 100 valence electrons. The number of esters is 1. The Hall–Kier alpha value is -1.81. The molecule has 0 spiro atoms. The normalized spacial score (nSPS) is 10.5. The number of thiophene rings is 1. The highest BCUT2D eigenvalue weighted by Gasteiger charge is 2.20. The summed E-state index contributed by atoms with van der Waals surface area (Å²) in [6.45, 7) is 6.05. The maximum absolute atomic E-state index is 11.7. The van der Waals surface area contributed by atoms with Crippen molar-refractivity contribution in [2.24, 2.45) is 0 Å². The van der Waals surface area contributed by atoms with E-state index in [0.717, 1.165) is 16.0 Å². The van der Waals surface area contributed by atoms with E-state index in [-0.39, 0.29) is 5.97 Å². The van der Waals surface area contributed by atoms with Crippen molar-refractivity contribution in [3.8, 4) is 10.4 Å². The van der Waals surface area contributed by atoms with Gasteiger partial charge in [-0.15, -0.1) is 11.3 Å². The Kier molecular flexibility index (Phi) is 3.62. The summed E-state index contributed by atoms with van der Waals surface area (Å²) in [6, 6.07) is 6.33. The first-order valence-electron chi connectivity index (χ1n) is 6.00.